The summed E-state index contributed by atoms with van der Waals surface area (Å²) in [7, 11) is 1.61. The van der Waals surface area contributed by atoms with E-state index in [-0.39, 0.29) is 17.9 Å². The van der Waals surface area contributed by atoms with Crippen molar-refractivity contribution in [3.8, 4) is 5.75 Å². The molecule has 6 nitrogen and oxygen atoms in total. The van der Waals surface area contributed by atoms with Crippen molar-refractivity contribution >= 4 is 28.4 Å². The van der Waals surface area contributed by atoms with Gasteiger partial charge in [-0.25, -0.2) is 0 Å². The zero-order valence-corrected chi connectivity index (χ0v) is 19.3. The topological polar surface area (TPSA) is 63.6 Å². The van der Waals surface area contributed by atoms with Gasteiger partial charge in [-0.3, -0.25) is 14.5 Å². The molecule has 0 bridgehead atoms. The van der Waals surface area contributed by atoms with E-state index in [1.165, 1.54) is 12.8 Å². The minimum atomic E-state index is -1.06. The van der Waals surface area contributed by atoms with E-state index in [4.69, 9.17) is 4.74 Å². The maximum absolute atomic E-state index is 13.9. The summed E-state index contributed by atoms with van der Waals surface area (Å²) in [5, 5.41) is 4.32. The van der Waals surface area contributed by atoms with Gasteiger partial charge in [0.1, 0.15) is 17.0 Å². The Morgan fingerprint density at radius 1 is 1.03 bits per heavy atom. The van der Waals surface area contributed by atoms with E-state index in [1.807, 2.05) is 66.1 Å². The van der Waals surface area contributed by atoms with Crippen LogP contribution in [0.25, 0.3) is 10.9 Å². The highest BCUT2D eigenvalue weighted by Gasteiger charge is 2.49. The number of benzene rings is 2. The van der Waals surface area contributed by atoms with E-state index in [2.05, 4.69) is 5.32 Å². The Hall–Kier alpha value is -3.28. The van der Waals surface area contributed by atoms with Crippen LogP contribution < -0.4 is 15.0 Å². The number of para-hydroxylation sites is 1. The van der Waals surface area contributed by atoms with Crippen LogP contribution in [0.4, 0.5) is 5.69 Å². The number of carbonyl (C=O) groups excluding carboxylic acids is 2. The number of fused-ring (bicyclic) bond motifs is 3. The number of hydrogen-bond donors (Lipinski definition) is 1. The van der Waals surface area contributed by atoms with Gasteiger partial charge in [0.15, 0.2) is 0 Å². The van der Waals surface area contributed by atoms with Crippen LogP contribution in [0, 0.1) is 0 Å². The second-order valence-electron chi connectivity index (χ2n) is 9.45. The number of rotatable bonds is 4. The molecule has 1 aromatic heterocycles. The molecular formula is C27H31N3O3. The Bertz CT molecular complexity index is 1180. The van der Waals surface area contributed by atoms with Crippen molar-refractivity contribution in [2.24, 2.45) is 0 Å². The summed E-state index contributed by atoms with van der Waals surface area (Å²) < 4.78 is 7.31. The first-order valence-corrected chi connectivity index (χ1v) is 11.9. The zero-order chi connectivity index (χ0) is 23.0. The summed E-state index contributed by atoms with van der Waals surface area (Å²) >= 11 is 0. The number of aromatic nitrogens is 1. The van der Waals surface area contributed by atoms with Gasteiger partial charge in [-0.15, -0.1) is 0 Å². The molecule has 1 atom stereocenters. The minimum Gasteiger partial charge on any atom is -0.497 e. The zero-order valence-electron chi connectivity index (χ0n) is 19.3. The lowest BCUT2D eigenvalue weighted by Crippen LogP contribution is -2.65. The quantitative estimate of drug-likeness (QED) is 0.581. The van der Waals surface area contributed by atoms with Crippen LogP contribution in [0.2, 0.25) is 0 Å². The van der Waals surface area contributed by atoms with Crippen LogP contribution in [0.15, 0.2) is 54.6 Å². The number of ether oxygens (including phenoxy) is 1. The molecule has 1 N–H and O–H groups in total. The van der Waals surface area contributed by atoms with Crippen LogP contribution >= 0.6 is 0 Å². The molecule has 33 heavy (non-hydrogen) atoms. The summed E-state index contributed by atoms with van der Waals surface area (Å²) in [6.45, 7) is 2.28. The SMILES string of the molecule is COc1ccc(N2C(=O)c3cc4ccccc4n3CC2(C)C(=O)NC2CCCCCC2)cc1. The lowest BCUT2D eigenvalue weighted by Gasteiger charge is -2.44. The standard InChI is InChI=1S/C27H31N3O3/c1-27(26(32)28-20-10-5-3-4-6-11-20)18-29-23-12-8-7-9-19(23)17-24(29)25(31)30(27)21-13-15-22(33-2)16-14-21/h7-9,12-17,20H,3-6,10-11,18H2,1-2H3,(H,28,32). The van der Waals surface area contributed by atoms with Gasteiger partial charge in [-0.05, 0) is 56.2 Å². The van der Waals surface area contributed by atoms with Gasteiger partial charge in [0, 0.05) is 22.6 Å². The van der Waals surface area contributed by atoms with Crippen LogP contribution in [0.3, 0.4) is 0 Å². The third kappa shape index (κ3) is 3.77. The average molecular weight is 446 g/mol. The molecule has 2 amide bonds. The highest BCUT2D eigenvalue weighted by molar-refractivity contribution is 6.14. The van der Waals surface area contributed by atoms with Crippen LogP contribution in [0.1, 0.15) is 55.9 Å². The van der Waals surface area contributed by atoms with Crippen LogP contribution in [-0.2, 0) is 11.3 Å². The van der Waals surface area contributed by atoms with Crippen LogP contribution in [-0.4, -0.2) is 35.1 Å². The molecule has 6 heteroatoms. The smallest absolute Gasteiger partial charge is 0.275 e. The maximum Gasteiger partial charge on any atom is 0.275 e. The van der Waals surface area contributed by atoms with Crippen LogP contribution in [0.5, 0.6) is 5.75 Å². The van der Waals surface area contributed by atoms with Crippen molar-refractivity contribution in [1.29, 1.82) is 0 Å². The minimum absolute atomic E-state index is 0.0954. The summed E-state index contributed by atoms with van der Waals surface area (Å²) in [5.41, 5.74) is 1.21. The molecule has 1 aliphatic carbocycles. The van der Waals surface area contributed by atoms with Crippen molar-refractivity contribution in [3.05, 3.63) is 60.3 Å². The first-order valence-electron chi connectivity index (χ1n) is 11.9. The first-order chi connectivity index (χ1) is 16.0. The summed E-state index contributed by atoms with van der Waals surface area (Å²) in [4.78, 5) is 29.5. The van der Waals surface area contributed by atoms with E-state index in [0.29, 0.717) is 23.7 Å². The molecular weight excluding hydrogens is 414 g/mol. The number of nitrogens with one attached hydrogen (secondary N) is 1. The van der Waals surface area contributed by atoms with Gasteiger partial charge in [-0.1, -0.05) is 43.9 Å². The molecule has 2 aromatic carbocycles. The van der Waals surface area contributed by atoms with Crippen molar-refractivity contribution < 1.29 is 14.3 Å². The largest absolute Gasteiger partial charge is 0.497 e. The average Bonchev–Trinajstić information content (AvgIpc) is 3.00. The fourth-order valence-corrected chi connectivity index (χ4v) is 5.35. The second-order valence-corrected chi connectivity index (χ2v) is 9.45. The lowest BCUT2D eigenvalue weighted by atomic mass is 9.92. The van der Waals surface area contributed by atoms with E-state index in [0.717, 1.165) is 36.6 Å². The van der Waals surface area contributed by atoms with Gasteiger partial charge >= 0.3 is 0 Å². The first kappa shape index (κ1) is 21.6. The Morgan fingerprint density at radius 3 is 2.42 bits per heavy atom. The number of nitrogens with zero attached hydrogens (tertiary/aromatic N) is 2. The lowest BCUT2D eigenvalue weighted by molar-refractivity contribution is -0.127. The maximum atomic E-state index is 13.9. The number of hydrogen-bond acceptors (Lipinski definition) is 3. The molecule has 5 rings (SSSR count). The fourth-order valence-electron chi connectivity index (χ4n) is 5.35. The molecule has 3 aromatic rings. The van der Waals surface area contributed by atoms with Gasteiger partial charge in [0.05, 0.1) is 13.7 Å². The van der Waals surface area contributed by atoms with Crippen molar-refractivity contribution in [1.82, 2.24) is 9.88 Å². The van der Waals surface area contributed by atoms with E-state index in [9.17, 15) is 9.59 Å². The number of carbonyl (C=O) groups is 2. The van der Waals surface area contributed by atoms with Crippen molar-refractivity contribution in [3.63, 3.8) is 0 Å². The van der Waals surface area contributed by atoms with E-state index < -0.39 is 5.54 Å². The molecule has 1 fully saturated rings. The Labute approximate surface area is 194 Å². The van der Waals surface area contributed by atoms with E-state index in [1.54, 1.807) is 12.0 Å². The number of methoxy groups -OCH3 is 1. The van der Waals surface area contributed by atoms with Gasteiger partial charge in [-0.2, -0.15) is 0 Å². The van der Waals surface area contributed by atoms with Gasteiger partial charge in [0.25, 0.3) is 5.91 Å². The third-order valence-corrected chi connectivity index (χ3v) is 7.20. The molecule has 0 radical (unpaired) electrons. The predicted octanol–water partition coefficient (Wildman–Crippen LogP) is 4.91. The molecule has 172 valence electrons. The highest BCUT2D eigenvalue weighted by Crippen LogP contribution is 2.36. The van der Waals surface area contributed by atoms with Gasteiger partial charge < -0.3 is 14.6 Å². The molecule has 0 saturated heterocycles. The molecule has 1 aliphatic heterocycles. The van der Waals surface area contributed by atoms with E-state index >= 15 is 0 Å². The predicted molar refractivity (Wildman–Crippen MR) is 130 cm³/mol. The molecule has 2 heterocycles. The number of amides is 2. The van der Waals surface area contributed by atoms with Gasteiger partial charge in [0.2, 0.25) is 5.91 Å². The Kier molecular flexibility index (Phi) is 5.60. The summed E-state index contributed by atoms with van der Waals surface area (Å²) in [5.74, 6) is 0.449. The normalized spacial score (nSPS) is 21.5. The molecule has 1 unspecified atom stereocenters. The summed E-state index contributed by atoms with van der Waals surface area (Å²) in [6, 6.07) is 17.4. The fraction of sp³-hybridized carbons (Fsp3) is 0.407. The van der Waals surface area contributed by atoms with Crippen molar-refractivity contribution in [2.75, 3.05) is 12.0 Å². The molecule has 1 saturated carbocycles. The number of anilines is 1. The Morgan fingerprint density at radius 2 is 1.73 bits per heavy atom. The highest BCUT2D eigenvalue weighted by atomic mass is 16.5. The third-order valence-electron chi connectivity index (χ3n) is 7.20. The monoisotopic (exact) mass is 445 g/mol. The second kappa shape index (κ2) is 8.58. The summed E-state index contributed by atoms with van der Waals surface area (Å²) in [6.07, 6.45) is 6.70. The van der Waals surface area contributed by atoms with Crippen molar-refractivity contribution in [2.45, 2.75) is 63.6 Å². The molecule has 0 spiro atoms. The Balaban J connectivity index is 1.58. The molecule has 2 aliphatic rings.